The molecule has 0 bridgehead atoms. The highest BCUT2D eigenvalue weighted by Gasteiger charge is 2.30. The number of rotatable bonds is 5. The molecule has 0 radical (unpaired) electrons. The first-order chi connectivity index (χ1) is 14.5. The van der Waals surface area contributed by atoms with Gasteiger partial charge < -0.3 is 39.7 Å². The van der Waals surface area contributed by atoms with E-state index >= 15 is 0 Å². The fourth-order valence-electron chi connectivity index (χ4n) is 3.90. The number of hydrogen-bond acceptors (Lipinski definition) is 10. The van der Waals surface area contributed by atoms with Crippen molar-refractivity contribution in [3.8, 4) is 0 Å². The molecule has 2 aliphatic heterocycles. The minimum Gasteiger partial charge on any atom is -0.350 e. The molecule has 210 valence electrons. The molecule has 0 atom stereocenters. The van der Waals surface area contributed by atoms with Crippen molar-refractivity contribution in [2.75, 3.05) is 41.3 Å². The van der Waals surface area contributed by atoms with Gasteiger partial charge in [-0.1, -0.05) is 12.1 Å². The largest absolute Gasteiger partial charge is 0.416 e. The van der Waals surface area contributed by atoms with Gasteiger partial charge in [0.05, 0.1) is 5.56 Å². The summed E-state index contributed by atoms with van der Waals surface area (Å²) in [6.07, 6.45) is 2.61. The van der Waals surface area contributed by atoms with Crippen molar-refractivity contribution in [1.29, 1.82) is 0 Å². The van der Waals surface area contributed by atoms with Crippen LogP contribution in [-0.2, 0) is 12.7 Å². The lowest BCUT2D eigenvalue weighted by Gasteiger charge is -2.30. The van der Waals surface area contributed by atoms with Crippen LogP contribution in [0.25, 0.3) is 0 Å². The highest BCUT2D eigenvalue weighted by Crippen LogP contribution is 2.29. The standard InChI is InChI=1S/C21H27F3N6.ClH.4H3N.4H2/c22-21(23,24)17-9-7-16(8-10-17)15-25-18-26-19(29-11-3-1-4-12-29)28-20(27-18)30-13-5-2-6-14-30;;;;;;;;;/h7-10H,1-6,11-15H2,(H,25,26,27,28);1H;4*1H3;4*1H. The summed E-state index contributed by atoms with van der Waals surface area (Å²) in [7, 11) is 0. The zero-order chi connectivity index (χ0) is 21.0. The molecular weight excluding hydrogens is 485 g/mol. The average Bonchev–Trinajstić information content (AvgIpc) is 2.78. The Morgan fingerprint density at radius 3 is 1.54 bits per heavy atom. The number of nitrogens with one attached hydrogen (secondary N) is 1. The summed E-state index contributed by atoms with van der Waals surface area (Å²) in [5.41, 5.74) is 0.0913. The highest BCUT2D eigenvalue weighted by atomic mass is 35.5. The monoisotopic (exact) mass is 532 g/mol. The molecule has 14 heteroatoms. The van der Waals surface area contributed by atoms with Gasteiger partial charge in [0.1, 0.15) is 0 Å². The first-order valence-corrected chi connectivity index (χ1v) is 10.6. The molecule has 0 spiro atoms. The van der Waals surface area contributed by atoms with Gasteiger partial charge in [-0.3, -0.25) is 0 Å². The maximum atomic E-state index is 12.8. The van der Waals surface area contributed by atoms with Gasteiger partial charge in [-0.2, -0.15) is 28.1 Å². The number of piperidine rings is 2. The van der Waals surface area contributed by atoms with Crippen LogP contribution in [0.3, 0.4) is 0 Å². The summed E-state index contributed by atoms with van der Waals surface area (Å²) in [5.74, 6) is 1.83. The number of benzene rings is 1. The van der Waals surface area contributed by atoms with Crippen LogP contribution in [0.4, 0.5) is 31.0 Å². The molecule has 0 saturated carbocycles. The molecular formula is C21H48ClF3N10. The fraction of sp³-hybridized carbons (Fsp3) is 0.571. The van der Waals surface area contributed by atoms with E-state index in [1.54, 1.807) is 0 Å². The van der Waals surface area contributed by atoms with E-state index in [9.17, 15) is 13.2 Å². The van der Waals surface area contributed by atoms with Gasteiger partial charge in [-0.05, 0) is 56.2 Å². The first kappa shape index (κ1) is 34.7. The van der Waals surface area contributed by atoms with Crippen molar-refractivity contribution in [3.05, 3.63) is 35.4 Å². The van der Waals surface area contributed by atoms with E-state index in [2.05, 4.69) is 25.1 Å². The molecule has 1 aromatic carbocycles. The van der Waals surface area contributed by atoms with Crippen LogP contribution in [-0.4, -0.2) is 41.1 Å². The van der Waals surface area contributed by atoms with Crippen LogP contribution in [0.5, 0.6) is 0 Å². The second kappa shape index (κ2) is 15.5. The third kappa shape index (κ3) is 9.26. The van der Waals surface area contributed by atoms with Crippen molar-refractivity contribution in [3.63, 3.8) is 0 Å². The van der Waals surface area contributed by atoms with Gasteiger partial charge in [0.2, 0.25) is 17.8 Å². The van der Waals surface area contributed by atoms with E-state index in [4.69, 9.17) is 4.98 Å². The lowest BCUT2D eigenvalue weighted by atomic mass is 10.1. The normalized spacial score (nSPS) is 15.3. The minimum absolute atomic E-state index is 0. The molecule has 3 heterocycles. The predicted octanol–water partition coefficient (Wildman–Crippen LogP) is 6.54. The van der Waals surface area contributed by atoms with Gasteiger partial charge in [0, 0.05) is 38.4 Å². The fourth-order valence-corrected chi connectivity index (χ4v) is 3.90. The number of halogens is 4. The Hall–Kier alpha value is -2.45. The smallest absolute Gasteiger partial charge is 0.350 e. The van der Waals surface area contributed by atoms with Gasteiger partial charge in [0.15, 0.2) is 0 Å². The molecule has 2 saturated heterocycles. The van der Waals surface area contributed by atoms with Crippen molar-refractivity contribution >= 4 is 30.3 Å². The van der Waals surface area contributed by atoms with E-state index in [0.29, 0.717) is 24.4 Å². The minimum atomic E-state index is -4.33. The van der Waals surface area contributed by atoms with E-state index in [1.807, 2.05) is 0 Å². The summed E-state index contributed by atoms with van der Waals surface area (Å²) in [5, 5.41) is 3.18. The Labute approximate surface area is 217 Å². The maximum absolute atomic E-state index is 12.8. The second-order valence-corrected chi connectivity index (χ2v) is 7.90. The molecule has 2 aliphatic rings. The Balaban J connectivity index is -0.000000302. The molecule has 4 rings (SSSR count). The van der Waals surface area contributed by atoms with Crippen molar-refractivity contribution in [2.45, 2.75) is 51.2 Å². The molecule has 0 amide bonds. The van der Waals surface area contributed by atoms with Crippen molar-refractivity contribution < 1.29 is 18.9 Å². The molecule has 35 heavy (non-hydrogen) atoms. The zero-order valence-electron chi connectivity index (χ0n) is 20.2. The number of nitrogens with zero attached hydrogens (tertiary/aromatic N) is 5. The number of alkyl halides is 3. The third-order valence-corrected chi connectivity index (χ3v) is 5.62. The molecule has 2 fully saturated rings. The van der Waals surface area contributed by atoms with Gasteiger partial charge in [0.25, 0.3) is 0 Å². The molecule has 2 aromatic rings. The number of hydrogen-bond donors (Lipinski definition) is 5. The summed E-state index contributed by atoms with van der Waals surface area (Å²) in [6, 6.07) is 5.16. The lowest BCUT2D eigenvalue weighted by molar-refractivity contribution is -0.137. The quantitative estimate of drug-likeness (QED) is 0.281. The van der Waals surface area contributed by atoms with Crippen molar-refractivity contribution in [1.82, 2.24) is 39.6 Å². The third-order valence-electron chi connectivity index (χ3n) is 5.62. The molecule has 0 aliphatic carbocycles. The summed E-state index contributed by atoms with van der Waals surface area (Å²) in [6.45, 7) is 4.08. The van der Waals surface area contributed by atoms with Gasteiger partial charge >= 0.3 is 6.18 Å². The van der Waals surface area contributed by atoms with Crippen molar-refractivity contribution in [2.24, 2.45) is 0 Å². The molecule has 10 nitrogen and oxygen atoms in total. The van der Waals surface area contributed by atoms with Crippen LogP contribution in [0, 0.1) is 0 Å². The van der Waals surface area contributed by atoms with Crippen LogP contribution < -0.4 is 39.7 Å². The average molecular weight is 533 g/mol. The Morgan fingerprint density at radius 2 is 1.14 bits per heavy atom. The van der Waals surface area contributed by atoms with E-state index in [1.165, 1.54) is 25.0 Å². The topological polar surface area (TPSA) is 197 Å². The van der Waals surface area contributed by atoms with Crippen LogP contribution >= 0.6 is 12.4 Å². The lowest BCUT2D eigenvalue weighted by Crippen LogP contribution is -2.34. The first-order valence-electron chi connectivity index (χ1n) is 10.6. The molecule has 0 unspecified atom stereocenters. The second-order valence-electron chi connectivity index (χ2n) is 7.90. The van der Waals surface area contributed by atoms with Crippen LogP contribution in [0.2, 0.25) is 0 Å². The summed E-state index contributed by atoms with van der Waals surface area (Å²) < 4.78 is 38.3. The molecule has 1 aromatic heterocycles. The SMILES string of the molecule is Cl.FC(F)(F)c1ccc(CNc2nc(N3CCCCC3)nc(N3CCCCC3)n2)cc1.N.N.N.N.[HH].[HH].[HH].[HH]. The van der Waals surface area contributed by atoms with Crippen LogP contribution in [0.1, 0.15) is 55.4 Å². The van der Waals surface area contributed by atoms with Gasteiger partial charge in [-0.25, -0.2) is 0 Å². The summed E-state index contributed by atoms with van der Waals surface area (Å²) >= 11 is 0. The number of anilines is 3. The molecule has 13 N–H and O–H groups in total. The van der Waals surface area contributed by atoms with E-state index in [-0.39, 0.29) is 42.7 Å². The van der Waals surface area contributed by atoms with E-state index < -0.39 is 11.7 Å². The predicted molar refractivity (Wildman–Crippen MR) is 147 cm³/mol. The van der Waals surface area contributed by atoms with E-state index in [0.717, 1.165) is 69.6 Å². The Bertz CT molecular complexity index is 825. The summed E-state index contributed by atoms with van der Waals surface area (Å²) in [4.78, 5) is 18.4. The number of aromatic nitrogens is 3. The maximum Gasteiger partial charge on any atom is 0.416 e. The highest BCUT2D eigenvalue weighted by molar-refractivity contribution is 5.85. The Morgan fingerprint density at radius 1 is 0.714 bits per heavy atom. The Kier molecular flexibility index (Phi) is 15.4. The van der Waals surface area contributed by atoms with Gasteiger partial charge in [-0.15, -0.1) is 12.4 Å². The zero-order valence-corrected chi connectivity index (χ0v) is 21.0. The van der Waals surface area contributed by atoms with Crippen LogP contribution in [0.15, 0.2) is 24.3 Å².